The molecule has 2 aromatic carbocycles. The highest BCUT2D eigenvalue weighted by Crippen LogP contribution is 2.25. The third-order valence-electron chi connectivity index (χ3n) is 3.56. The van der Waals surface area contributed by atoms with Crippen LogP contribution in [0.15, 0.2) is 48.5 Å². The summed E-state index contributed by atoms with van der Waals surface area (Å²) in [5, 5.41) is 0. The van der Waals surface area contributed by atoms with Crippen molar-refractivity contribution in [3.63, 3.8) is 0 Å². The zero-order valence-corrected chi connectivity index (χ0v) is 14.6. The third-order valence-corrected chi connectivity index (χ3v) is 3.56. The molecule has 1 heterocycles. The minimum atomic E-state index is -4.78. The Morgan fingerprint density at radius 1 is 0.964 bits per heavy atom. The van der Waals surface area contributed by atoms with Crippen LogP contribution >= 0.6 is 0 Å². The van der Waals surface area contributed by atoms with E-state index in [4.69, 9.17) is 18.9 Å². The second-order valence-corrected chi connectivity index (χ2v) is 5.81. The van der Waals surface area contributed by atoms with E-state index < -0.39 is 18.1 Å². The molecule has 0 N–H and O–H groups in total. The number of alkyl halides is 3. The minimum absolute atomic E-state index is 0.0941. The van der Waals surface area contributed by atoms with Gasteiger partial charge in [0.15, 0.2) is 0 Å². The van der Waals surface area contributed by atoms with E-state index in [-0.39, 0.29) is 17.4 Å². The Kier molecular flexibility index (Phi) is 6.37. The van der Waals surface area contributed by atoms with Crippen molar-refractivity contribution in [2.75, 3.05) is 26.4 Å². The smallest absolute Gasteiger partial charge is 0.491 e. The molecular weight excluding hydrogens is 381 g/mol. The van der Waals surface area contributed by atoms with Crippen molar-refractivity contribution in [1.82, 2.24) is 0 Å². The number of epoxide rings is 1. The number of esters is 1. The Balaban J connectivity index is 1.44. The molecule has 28 heavy (non-hydrogen) atoms. The van der Waals surface area contributed by atoms with Gasteiger partial charge in [-0.1, -0.05) is 0 Å². The second kappa shape index (κ2) is 8.94. The molecule has 1 saturated heterocycles. The summed E-state index contributed by atoms with van der Waals surface area (Å²) in [6.07, 6.45) is -4.57. The SMILES string of the molecule is O=C(Oc1ccc(OC(F)(F)F)cc1)c1ccc(OCCOCC2CO2)cc1. The fourth-order valence-corrected chi connectivity index (χ4v) is 2.16. The molecule has 1 unspecified atom stereocenters. The lowest BCUT2D eigenvalue weighted by Gasteiger charge is -2.10. The lowest BCUT2D eigenvalue weighted by Crippen LogP contribution is -2.17. The fraction of sp³-hybridized carbons (Fsp3) is 0.316. The zero-order chi connectivity index (χ0) is 20.0. The monoisotopic (exact) mass is 398 g/mol. The van der Waals surface area contributed by atoms with Gasteiger partial charge in [-0.25, -0.2) is 4.79 Å². The highest BCUT2D eigenvalue weighted by Gasteiger charge is 2.31. The van der Waals surface area contributed by atoms with Crippen LogP contribution in [0, 0.1) is 0 Å². The number of hydrogen-bond donors (Lipinski definition) is 0. The first-order chi connectivity index (χ1) is 13.4. The largest absolute Gasteiger partial charge is 0.573 e. The number of benzene rings is 2. The van der Waals surface area contributed by atoms with Crippen LogP contribution in [0.5, 0.6) is 17.2 Å². The van der Waals surface area contributed by atoms with Crippen LogP contribution in [-0.2, 0) is 9.47 Å². The van der Waals surface area contributed by atoms with Gasteiger partial charge in [0.25, 0.3) is 0 Å². The van der Waals surface area contributed by atoms with Gasteiger partial charge in [-0.05, 0) is 48.5 Å². The van der Waals surface area contributed by atoms with Crippen molar-refractivity contribution in [2.45, 2.75) is 12.5 Å². The van der Waals surface area contributed by atoms with Crippen molar-refractivity contribution in [2.24, 2.45) is 0 Å². The summed E-state index contributed by atoms with van der Waals surface area (Å²) in [5.41, 5.74) is 0.269. The molecule has 1 aliphatic heterocycles. The summed E-state index contributed by atoms with van der Waals surface area (Å²) in [7, 11) is 0. The van der Waals surface area contributed by atoms with Crippen LogP contribution in [0.1, 0.15) is 10.4 Å². The van der Waals surface area contributed by atoms with Gasteiger partial charge < -0.3 is 23.7 Å². The Morgan fingerprint density at radius 2 is 1.57 bits per heavy atom. The van der Waals surface area contributed by atoms with Crippen LogP contribution < -0.4 is 14.2 Å². The van der Waals surface area contributed by atoms with Gasteiger partial charge >= 0.3 is 12.3 Å². The summed E-state index contributed by atoms with van der Waals surface area (Å²) in [5.74, 6) is -0.389. The molecule has 0 aromatic heterocycles. The van der Waals surface area contributed by atoms with Gasteiger partial charge in [-0.3, -0.25) is 0 Å². The average Bonchev–Trinajstić information content (AvgIpc) is 3.47. The van der Waals surface area contributed by atoms with Crippen LogP contribution in [0.25, 0.3) is 0 Å². The zero-order valence-electron chi connectivity index (χ0n) is 14.6. The van der Waals surface area contributed by atoms with E-state index in [0.717, 1.165) is 18.7 Å². The van der Waals surface area contributed by atoms with E-state index in [1.807, 2.05) is 0 Å². The first kappa shape index (κ1) is 20.0. The van der Waals surface area contributed by atoms with Gasteiger partial charge in [0.1, 0.15) is 30.0 Å². The van der Waals surface area contributed by atoms with Crippen molar-refractivity contribution in [1.29, 1.82) is 0 Å². The highest BCUT2D eigenvalue weighted by molar-refractivity contribution is 5.91. The Hall–Kier alpha value is -2.78. The summed E-state index contributed by atoms with van der Waals surface area (Å²) in [6.45, 7) is 2.09. The molecule has 0 spiro atoms. The van der Waals surface area contributed by atoms with Crippen molar-refractivity contribution >= 4 is 5.97 Å². The van der Waals surface area contributed by atoms with Crippen molar-refractivity contribution in [3.8, 4) is 17.2 Å². The van der Waals surface area contributed by atoms with Gasteiger partial charge in [0, 0.05) is 0 Å². The Bertz CT molecular complexity index is 770. The number of carbonyl (C=O) groups excluding carboxylic acids is 1. The average molecular weight is 398 g/mol. The molecule has 1 aliphatic rings. The summed E-state index contributed by atoms with van der Waals surface area (Å²) >= 11 is 0. The Labute approximate surface area is 158 Å². The van der Waals surface area contributed by atoms with E-state index in [1.54, 1.807) is 12.1 Å². The molecule has 9 heteroatoms. The maximum atomic E-state index is 12.1. The fourth-order valence-electron chi connectivity index (χ4n) is 2.16. The van der Waals surface area contributed by atoms with E-state index in [9.17, 15) is 18.0 Å². The van der Waals surface area contributed by atoms with Crippen LogP contribution in [-0.4, -0.2) is 44.9 Å². The molecule has 0 bridgehead atoms. The Morgan fingerprint density at radius 3 is 2.18 bits per heavy atom. The number of hydrogen-bond acceptors (Lipinski definition) is 6. The minimum Gasteiger partial charge on any atom is -0.491 e. The first-order valence-corrected chi connectivity index (χ1v) is 8.39. The molecule has 1 atom stereocenters. The van der Waals surface area contributed by atoms with E-state index >= 15 is 0 Å². The lowest BCUT2D eigenvalue weighted by molar-refractivity contribution is -0.274. The van der Waals surface area contributed by atoms with Crippen LogP contribution in [0.4, 0.5) is 13.2 Å². The molecule has 0 saturated carbocycles. The molecule has 0 aliphatic carbocycles. The molecule has 3 rings (SSSR count). The number of carbonyl (C=O) groups is 1. The third kappa shape index (κ3) is 6.75. The molecule has 6 nitrogen and oxygen atoms in total. The summed E-state index contributed by atoms with van der Waals surface area (Å²) in [6, 6.07) is 10.8. The maximum Gasteiger partial charge on any atom is 0.573 e. The topological polar surface area (TPSA) is 66.5 Å². The lowest BCUT2D eigenvalue weighted by atomic mass is 10.2. The predicted molar refractivity (Wildman–Crippen MR) is 90.6 cm³/mol. The van der Waals surface area contributed by atoms with Crippen LogP contribution in [0.3, 0.4) is 0 Å². The quantitative estimate of drug-likeness (QED) is 0.278. The maximum absolute atomic E-state index is 12.1. The standard InChI is InChI=1S/C19H17F3O6/c20-19(21,22)28-16-7-5-15(6-8-16)27-18(23)13-1-3-14(4-2-13)25-10-9-24-11-17-12-26-17/h1-8,17H,9-12H2. The first-order valence-electron chi connectivity index (χ1n) is 8.39. The number of halogens is 3. The van der Waals surface area contributed by atoms with Gasteiger partial charge in [0.05, 0.1) is 25.4 Å². The van der Waals surface area contributed by atoms with Gasteiger partial charge in [0.2, 0.25) is 0 Å². The summed E-state index contributed by atoms with van der Waals surface area (Å²) in [4.78, 5) is 12.1. The van der Waals surface area contributed by atoms with Gasteiger partial charge in [-0.15, -0.1) is 13.2 Å². The highest BCUT2D eigenvalue weighted by atomic mass is 19.4. The second-order valence-electron chi connectivity index (χ2n) is 5.81. The van der Waals surface area contributed by atoms with Crippen molar-refractivity contribution in [3.05, 3.63) is 54.1 Å². The molecular formula is C19H17F3O6. The number of ether oxygens (including phenoxy) is 5. The normalized spacial score (nSPS) is 15.8. The summed E-state index contributed by atoms with van der Waals surface area (Å²) < 4.78 is 61.1. The van der Waals surface area contributed by atoms with E-state index in [0.29, 0.717) is 25.6 Å². The number of rotatable bonds is 9. The molecule has 2 aromatic rings. The van der Waals surface area contributed by atoms with Gasteiger partial charge in [-0.2, -0.15) is 0 Å². The predicted octanol–water partition coefficient (Wildman–Crippen LogP) is 3.60. The molecule has 150 valence electrons. The van der Waals surface area contributed by atoms with E-state index in [1.165, 1.54) is 24.3 Å². The molecule has 0 amide bonds. The van der Waals surface area contributed by atoms with Crippen molar-refractivity contribution < 1.29 is 41.7 Å². The van der Waals surface area contributed by atoms with E-state index in [2.05, 4.69) is 4.74 Å². The molecule has 0 radical (unpaired) electrons. The molecule has 1 fully saturated rings. The van der Waals surface area contributed by atoms with Crippen LogP contribution in [0.2, 0.25) is 0 Å².